The Balaban J connectivity index is 2.11. The molecule has 0 saturated carbocycles. The first-order valence-corrected chi connectivity index (χ1v) is 9.61. The fourth-order valence-electron chi connectivity index (χ4n) is 2.91. The van der Waals surface area contributed by atoms with E-state index < -0.39 is 8.72 Å². The lowest BCUT2D eigenvalue weighted by Crippen LogP contribution is -2.53. The highest BCUT2D eigenvalue weighted by molar-refractivity contribution is 6.65. The molecule has 18 heavy (non-hydrogen) atoms. The van der Waals surface area contributed by atoms with E-state index in [9.17, 15) is 0 Å². The van der Waals surface area contributed by atoms with Gasteiger partial charge in [0.05, 0.1) is 0 Å². The molecule has 0 unspecified atom stereocenters. The van der Waals surface area contributed by atoms with Crippen LogP contribution in [0.4, 0.5) is 0 Å². The lowest BCUT2D eigenvalue weighted by molar-refractivity contribution is 0.181. The van der Waals surface area contributed by atoms with Crippen LogP contribution in [0, 0.1) is 0 Å². The second-order valence-corrected chi connectivity index (χ2v) is 8.71. The average molecular weight is 273 g/mol. The molecule has 0 spiro atoms. The molecule has 1 saturated heterocycles. The number of unbranched alkanes of at least 4 members (excludes halogenated alkanes) is 6. The molecule has 0 N–H and O–H groups in total. The van der Waals surface area contributed by atoms with Gasteiger partial charge in [0.25, 0.3) is 0 Å². The fourth-order valence-corrected chi connectivity index (χ4v) is 5.92. The van der Waals surface area contributed by atoms with Gasteiger partial charge in [-0.2, -0.15) is 0 Å². The van der Waals surface area contributed by atoms with Gasteiger partial charge in [0.2, 0.25) is 0 Å². The number of hydrogen-bond acceptors (Lipinski definition) is 3. The molecule has 0 bridgehead atoms. The van der Waals surface area contributed by atoms with Crippen molar-refractivity contribution in [1.82, 2.24) is 4.57 Å². The Labute approximate surface area is 114 Å². The third-order valence-electron chi connectivity index (χ3n) is 4.07. The molecule has 0 amide bonds. The van der Waals surface area contributed by atoms with E-state index in [-0.39, 0.29) is 0 Å². The molecule has 4 heteroatoms. The van der Waals surface area contributed by atoms with Crippen molar-refractivity contribution >= 4 is 8.72 Å². The second kappa shape index (κ2) is 9.07. The Bertz CT molecular complexity index is 210. The van der Waals surface area contributed by atoms with Crippen molar-refractivity contribution in [2.75, 3.05) is 27.3 Å². The molecule has 1 heterocycles. The summed E-state index contributed by atoms with van der Waals surface area (Å²) in [6.07, 6.45) is 10.8. The number of rotatable bonds is 10. The van der Waals surface area contributed by atoms with Crippen molar-refractivity contribution < 1.29 is 8.85 Å². The molecule has 1 aliphatic heterocycles. The van der Waals surface area contributed by atoms with Crippen LogP contribution in [0.3, 0.4) is 0 Å². The Morgan fingerprint density at radius 3 is 2.17 bits per heavy atom. The molecular weight excluding hydrogens is 242 g/mol. The first-order chi connectivity index (χ1) is 8.79. The smallest absolute Gasteiger partial charge is 0.386 e. The topological polar surface area (TPSA) is 21.7 Å². The fraction of sp³-hybridized carbons (Fsp3) is 1.00. The number of nitrogens with zero attached hydrogens (tertiary/aromatic N) is 1. The third kappa shape index (κ3) is 4.65. The molecule has 0 aromatic rings. The molecule has 108 valence electrons. The standard InChI is InChI=1S/C14H31NO2Si/c1-4-5-6-7-8-9-10-12-15-13-11-14-18(15,16-2)17-3/h4-14H2,1-3H3. The van der Waals surface area contributed by atoms with Gasteiger partial charge in [-0.1, -0.05) is 45.4 Å². The van der Waals surface area contributed by atoms with Crippen LogP contribution < -0.4 is 0 Å². The van der Waals surface area contributed by atoms with E-state index in [2.05, 4.69) is 11.5 Å². The van der Waals surface area contributed by atoms with Crippen LogP contribution in [0.2, 0.25) is 6.04 Å². The summed E-state index contributed by atoms with van der Waals surface area (Å²) >= 11 is 0. The van der Waals surface area contributed by atoms with E-state index >= 15 is 0 Å². The van der Waals surface area contributed by atoms with E-state index in [1.54, 1.807) is 0 Å². The Morgan fingerprint density at radius 2 is 1.56 bits per heavy atom. The highest BCUT2D eigenvalue weighted by atomic mass is 28.4. The van der Waals surface area contributed by atoms with Crippen molar-refractivity contribution in [3.63, 3.8) is 0 Å². The Kier molecular flexibility index (Phi) is 8.14. The lowest BCUT2D eigenvalue weighted by Gasteiger charge is -2.31. The molecule has 0 radical (unpaired) electrons. The summed E-state index contributed by atoms with van der Waals surface area (Å²) < 4.78 is 13.9. The van der Waals surface area contributed by atoms with Gasteiger partial charge in [0, 0.05) is 20.3 Å². The van der Waals surface area contributed by atoms with Gasteiger partial charge in [-0.05, 0) is 25.9 Å². The summed E-state index contributed by atoms with van der Waals surface area (Å²) in [5.41, 5.74) is 0. The van der Waals surface area contributed by atoms with Crippen molar-refractivity contribution in [2.24, 2.45) is 0 Å². The van der Waals surface area contributed by atoms with E-state index in [0.717, 1.165) is 6.04 Å². The maximum atomic E-state index is 5.71. The predicted molar refractivity (Wildman–Crippen MR) is 78.8 cm³/mol. The first kappa shape index (κ1) is 16.2. The van der Waals surface area contributed by atoms with Crippen molar-refractivity contribution in [1.29, 1.82) is 0 Å². The normalized spacial score (nSPS) is 19.5. The first-order valence-electron chi connectivity index (χ1n) is 7.64. The maximum Gasteiger partial charge on any atom is 0.427 e. The minimum Gasteiger partial charge on any atom is -0.386 e. The van der Waals surface area contributed by atoms with Crippen molar-refractivity contribution in [3.05, 3.63) is 0 Å². The summed E-state index contributed by atoms with van der Waals surface area (Å²) in [4.78, 5) is 0. The largest absolute Gasteiger partial charge is 0.427 e. The van der Waals surface area contributed by atoms with E-state index in [4.69, 9.17) is 8.85 Å². The lowest BCUT2D eigenvalue weighted by atomic mass is 10.1. The van der Waals surface area contributed by atoms with E-state index in [1.807, 2.05) is 14.2 Å². The van der Waals surface area contributed by atoms with Crippen LogP contribution in [0.15, 0.2) is 0 Å². The molecule has 1 fully saturated rings. The van der Waals surface area contributed by atoms with Crippen LogP contribution >= 0.6 is 0 Å². The summed E-state index contributed by atoms with van der Waals surface area (Å²) in [6.45, 7) is 4.61. The zero-order valence-corrected chi connectivity index (χ0v) is 13.5. The van der Waals surface area contributed by atoms with Gasteiger partial charge >= 0.3 is 8.72 Å². The van der Waals surface area contributed by atoms with Gasteiger partial charge in [-0.3, -0.25) is 4.57 Å². The van der Waals surface area contributed by atoms with Gasteiger partial charge in [0.1, 0.15) is 0 Å². The summed E-state index contributed by atoms with van der Waals surface area (Å²) in [7, 11) is 1.68. The third-order valence-corrected chi connectivity index (χ3v) is 7.74. The Hall–Kier alpha value is 0.0969. The maximum absolute atomic E-state index is 5.71. The molecular formula is C14H31NO2Si. The molecule has 1 aliphatic rings. The Morgan fingerprint density at radius 1 is 0.944 bits per heavy atom. The monoisotopic (exact) mass is 273 g/mol. The zero-order chi connectivity index (χ0) is 13.3. The van der Waals surface area contributed by atoms with Gasteiger partial charge in [0.15, 0.2) is 0 Å². The molecule has 0 atom stereocenters. The van der Waals surface area contributed by atoms with Gasteiger partial charge in [-0.25, -0.2) is 0 Å². The summed E-state index contributed by atoms with van der Waals surface area (Å²) in [6, 6.07) is 1.14. The quantitative estimate of drug-likeness (QED) is 0.448. The summed E-state index contributed by atoms with van der Waals surface area (Å²) in [5.74, 6) is 0. The average Bonchev–Trinajstić information content (AvgIpc) is 2.81. The van der Waals surface area contributed by atoms with Crippen LogP contribution in [0.5, 0.6) is 0 Å². The molecule has 1 rings (SSSR count). The van der Waals surface area contributed by atoms with Crippen LogP contribution in [0.1, 0.15) is 58.3 Å². The summed E-state index contributed by atoms with van der Waals surface area (Å²) in [5, 5.41) is 0. The molecule has 0 aromatic heterocycles. The van der Waals surface area contributed by atoms with Crippen molar-refractivity contribution in [2.45, 2.75) is 64.3 Å². The van der Waals surface area contributed by atoms with Gasteiger partial charge < -0.3 is 8.85 Å². The van der Waals surface area contributed by atoms with Crippen LogP contribution in [-0.4, -0.2) is 40.6 Å². The predicted octanol–water partition coefficient (Wildman–Crippen LogP) is 3.67. The van der Waals surface area contributed by atoms with Crippen LogP contribution in [-0.2, 0) is 8.85 Å². The second-order valence-electron chi connectivity index (χ2n) is 5.33. The van der Waals surface area contributed by atoms with E-state index in [1.165, 1.54) is 64.5 Å². The highest BCUT2D eigenvalue weighted by Gasteiger charge is 2.46. The zero-order valence-electron chi connectivity index (χ0n) is 12.5. The molecule has 3 nitrogen and oxygen atoms in total. The minimum atomic E-state index is -1.96. The minimum absolute atomic E-state index is 1.14. The molecule has 0 aromatic carbocycles. The van der Waals surface area contributed by atoms with Crippen LogP contribution in [0.25, 0.3) is 0 Å². The number of hydrogen-bond donors (Lipinski definition) is 0. The highest BCUT2D eigenvalue weighted by Crippen LogP contribution is 2.27. The SMILES string of the molecule is CCCCCCCCCN1CCC[Si]1(OC)OC. The molecule has 0 aliphatic carbocycles. The van der Waals surface area contributed by atoms with E-state index in [0.29, 0.717) is 0 Å². The van der Waals surface area contributed by atoms with Crippen molar-refractivity contribution in [3.8, 4) is 0 Å². The van der Waals surface area contributed by atoms with Gasteiger partial charge in [-0.15, -0.1) is 0 Å².